The molecule has 98 valence electrons. The van der Waals surface area contributed by atoms with Gasteiger partial charge in [0.05, 0.1) is 16.7 Å². The molecule has 1 aliphatic heterocycles. The molecule has 0 fully saturated rings. The van der Waals surface area contributed by atoms with E-state index in [2.05, 4.69) is 4.72 Å². The zero-order chi connectivity index (χ0) is 13.4. The quantitative estimate of drug-likeness (QED) is 0.875. The van der Waals surface area contributed by atoms with Crippen molar-refractivity contribution in [3.05, 3.63) is 41.6 Å². The Labute approximate surface area is 104 Å². The van der Waals surface area contributed by atoms with Gasteiger partial charge in [-0.3, -0.25) is 0 Å². The molecule has 1 aliphatic rings. The number of hydrogen-bond acceptors (Lipinski definition) is 4. The van der Waals surface area contributed by atoms with Crippen molar-refractivity contribution in [3.8, 4) is 0 Å². The van der Waals surface area contributed by atoms with Gasteiger partial charge in [-0.25, -0.2) is 25.9 Å². The number of halogens is 1. The smallest absolute Gasteiger partial charge is 0.224 e. The molecule has 2 rings (SSSR count). The molecule has 1 N–H and O–H groups in total. The van der Waals surface area contributed by atoms with Gasteiger partial charge in [-0.15, -0.1) is 0 Å². The van der Waals surface area contributed by atoms with Crippen LogP contribution in [0.15, 0.2) is 40.6 Å². The van der Waals surface area contributed by atoms with Crippen molar-refractivity contribution in [2.45, 2.75) is 10.9 Å². The molecule has 0 aliphatic carbocycles. The van der Waals surface area contributed by atoms with Gasteiger partial charge in [-0.1, -0.05) is 6.08 Å². The number of nitrogens with one attached hydrogen (secondary N) is 1. The molecule has 0 radical (unpaired) electrons. The molecule has 0 amide bonds. The molecule has 0 saturated heterocycles. The summed E-state index contributed by atoms with van der Waals surface area (Å²) in [6.07, 6.45) is 1.27. The molecule has 0 bridgehead atoms. The number of sulfonamides is 1. The predicted molar refractivity (Wildman–Crippen MR) is 63.4 cm³/mol. The first-order chi connectivity index (χ1) is 8.28. The molecule has 1 unspecified atom stereocenters. The largest absolute Gasteiger partial charge is 0.241 e. The van der Waals surface area contributed by atoms with Crippen LogP contribution in [0.2, 0.25) is 0 Å². The van der Waals surface area contributed by atoms with E-state index >= 15 is 0 Å². The zero-order valence-corrected chi connectivity index (χ0v) is 10.7. The molecule has 8 heteroatoms. The molecular weight excluding hydrogens is 281 g/mol. The summed E-state index contributed by atoms with van der Waals surface area (Å²) in [6.45, 7) is 0. The third-order valence-electron chi connectivity index (χ3n) is 2.36. The van der Waals surface area contributed by atoms with Crippen LogP contribution < -0.4 is 4.72 Å². The minimum Gasteiger partial charge on any atom is -0.224 e. The van der Waals surface area contributed by atoms with Crippen LogP contribution in [0.5, 0.6) is 0 Å². The van der Waals surface area contributed by atoms with Gasteiger partial charge in [0.2, 0.25) is 10.0 Å². The fourth-order valence-corrected chi connectivity index (χ4v) is 4.06. The molecule has 0 aromatic heterocycles. The minimum absolute atomic E-state index is 0.110. The van der Waals surface area contributed by atoms with E-state index in [1.165, 1.54) is 6.08 Å². The van der Waals surface area contributed by atoms with Gasteiger partial charge >= 0.3 is 0 Å². The summed E-state index contributed by atoms with van der Waals surface area (Å²) >= 11 is 0. The highest BCUT2D eigenvalue weighted by atomic mass is 32.2. The molecule has 18 heavy (non-hydrogen) atoms. The van der Waals surface area contributed by atoms with Crippen molar-refractivity contribution in [1.82, 2.24) is 4.72 Å². The Balaban J connectivity index is 2.19. The lowest BCUT2D eigenvalue weighted by molar-refractivity contribution is 0.574. The average molecular weight is 291 g/mol. The van der Waals surface area contributed by atoms with Crippen LogP contribution in [-0.4, -0.2) is 28.6 Å². The number of rotatable bonds is 3. The molecule has 0 spiro atoms. The first kappa shape index (κ1) is 13.2. The van der Waals surface area contributed by atoms with Crippen molar-refractivity contribution in [1.29, 1.82) is 0 Å². The zero-order valence-electron chi connectivity index (χ0n) is 9.08. The number of hydrogen-bond donors (Lipinski definition) is 1. The SMILES string of the molecule is O=S1(=O)C=CC(NS(=O)(=O)c2ccc(F)cc2)C1. The van der Waals surface area contributed by atoms with E-state index in [9.17, 15) is 21.2 Å². The van der Waals surface area contributed by atoms with Gasteiger partial charge < -0.3 is 0 Å². The maximum atomic E-state index is 12.7. The molecule has 1 aromatic carbocycles. The second-order valence-corrected chi connectivity index (χ2v) is 7.48. The fraction of sp³-hybridized carbons (Fsp3) is 0.200. The van der Waals surface area contributed by atoms with Crippen LogP contribution in [0.4, 0.5) is 4.39 Å². The summed E-state index contributed by atoms with van der Waals surface area (Å²) < 4.78 is 60.9. The van der Waals surface area contributed by atoms with E-state index in [1.807, 2.05) is 0 Å². The van der Waals surface area contributed by atoms with Crippen LogP contribution in [0.1, 0.15) is 0 Å². The van der Waals surface area contributed by atoms with Gasteiger partial charge in [-0.2, -0.15) is 0 Å². The molecule has 1 heterocycles. The van der Waals surface area contributed by atoms with Crippen molar-refractivity contribution in [2.75, 3.05) is 5.75 Å². The van der Waals surface area contributed by atoms with Crippen molar-refractivity contribution < 1.29 is 21.2 Å². The maximum absolute atomic E-state index is 12.7. The summed E-state index contributed by atoms with van der Waals surface area (Å²) in [5.41, 5.74) is 0. The van der Waals surface area contributed by atoms with E-state index in [0.29, 0.717) is 0 Å². The van der Waals surface area contributed by atoms with Gasteiger partial charge in [-0.05, 0) is 24.3 Å². The lowest BCUT2D eigenvalue weighted by atomic mass is 10.4. The fourth-order valence-electron chi connectivity index (χ4n) is 1.53. The summed E-state index contributed by atoms with van der Waals surface area (Å²) in [7, 11) is -7.17. The standard InChI is InChI=1S/C10H10FNO4S2/c11-8-1-3-10(4-2-8)18(15,16)12-9-5-6-17(13,14)7-9/h1-6,9,12H,7H2. The van der Waals surface area contributed by atoms with Crippen LogP contribution >= 0.6 is 0 Å². The summed E-state index contributed by atoms with van der Waals surface area (Å²) in [4.78, 5) is -0.110. The third kappa shape index (κ3) is 2.95. The Morgan fingerprint density at radius 3 is 2.33 bits per heavy atom. The Morgan fingerprint density at radius 1 is 1.22 bits per heavy atom. The molecule has 0 saturated carbocycles. The van der Waals surface area contributed by atoms with E-state index < -0.39 is 31.7 Å². The first-order valence-electron chi connectivity index (χ1n) is 4.97. The maximum Gasteiger partial charge on any atom is 0.241 e. The highest BCUT2D eigenvalue weighted by Gasteiger charge is 2.26. The Hall–Kier alpha value is -1.25. The summed E-state index contributed by atoms with van der Waals surface area (Å²) in [5.74, 6) is -0.842. The van der Waals surface area contributed by atoms with Gasteiger partial charge in [0.1, 0.15) is 5.82 Å². The van der Waals surface area contributed by atoms with Gasteiger partial charge in [0, 0.05) is 5.41 Å². The molecular formula is C10H10FNO4S2. The van der Waals surface area contributed by atoms with Crippen molar-refractivity contribution in [3.63, 3.8) is 0 Å². The highest BCUT2D eigenvalue weighted by molar-refractivity contribution is 7.94. The van der Waals surface area contributed by atoms with E-state index in [-0.39, 0.29) is 10.6 Å². The lowest BCUT2D eigenvalue weighted by Crippen LogP contribution is -2.35. The Kier molecular flexibility index (Phi) is 3.26. The Bertz CT molecular complexity index is 677. The lowest BCUT2D eigenvalue weighted by Gasteiger charge is -2.10. The minimum atomic E-state index is -3.84. The first-order valence-corrected chi connectivity index (χ1v) is 8.17. The monoisotopic (exact) mass is 291 g/mol. The van der Waals surface area contributed by atoms with Crippen LogP contribution in [0, 0.1) is 5.82 Å². The van der Waals surface area contributed by atoms with Crippen LogP contribution in [-0.2, 0) is 19.9 Å². The highest BCUT2D eigenvalue weighted by Crippen LogP contribution is 2.14. The van der Waals surface area contributed by atoms with E-state index in [1.54, 1.807) is 0 Å². The second kappa shape index (κ2) is 4.45. The topological polar surface area (TPSA) is 80.3 Å². The van der Waals surface area contributed by atoms with Crippen LogP contribution in [0.25, 0.3) is 0 Å². The Morgan fingerprint density at radius 2 is 1.83 bits per heavy atom. The van der Waals surface area contributed by atoms with Crippen LogP contribution in [0.3, 0.4) is 0 Å². The molecule has 1 atom stereocenters. The van der Waals surface area contributed by atoms with E-state index in [0.717, 1.165) is 29.7 Å². The number of benzene rings is 1. The second-order valence-electron chi connectivity index (χ2n) is 3.84. The number of sulfone groups is 1. The normalized spacial score (nSPS) is 22.2. The predicted octanol–water partition coefficient (Wildman–Crippen LogP) is 0.415. The average Bonchev–Trinajstić information content (AvgIpc) is 2.57. The molecule has 1 aromatic rings. The third-order valence-corrected chi connectivity index (χ3v) is 5.26. The van der Waals surface area contributed by atoms with Gasteiger partial charge in [0.25, 0.3) is 0 Å². The van der Waals surface area contributed by atoms with E-state index in [4.69, 9.17) is 0 Å². The van der Waals surface area contributed by atoms with Crippen molar-refractivity contribution in [2.24, 2.45) is 0 Å². The molecule has 5 nitrogen and oxygen atoms in total. The summed E-state index contributed by atoms with van der Waals surface area (Å²) in [6, 6.07) is 3.49. The van der Waals surface area contributed by atoms with Gasteiger partial charge in [0.15, 0.2) is 9.84 Å². The summed E-state index contributed by atoms with van der Waals surface area (Å²) in [5, 5.41) is 0.977. The van der Waals surface area contributed by atoms with Crippen molar-refractivity contribution >= 4 is 19.9 Å².